The Bertz CT molecular complexity index is 1350. The lowest BCUT2D eigenvalue weighted by atomic mass is 10.1. The Labute approximate surface area is 187 Å². The molecule has 0 aliphatic rings. The molecule has 4 aromatic rings. The Morgan fingerprint density at radius 2 is 1.56 bits per heavy atom. The van der Waals surface area contributed by atoms with Crippen LogP contribution in [-0.2, 0) is 14.8 Å². The van der Waals surface area contributed by atoms with E-state index in [1.165, 1.54) is 19.2 Å². The van der Waals surface area contributed by atoms with E-state index in [0.717, 1.165) is 15.1 Å². The predicted octanol–water partition coefficient (Wildman–Crippen LogP) is 4.68. The summed E-state index contributed by atoms with van der Waals surface area (Å²) in [6.45, 7) is -0.395. The Balaban J connectivity index is 1.69. The van der Waals surface area contributed by atoms with Gasteiger partial charge in [-0.15, -0.1) is 0 Å². The highest BCUT2D eigenvalue weighted by molar-refractivity contribution is 7.92. The van der Waals surface area contributed by atoms with E-state index in [1.54, 1.807) is 48.5 Å². The molecule has 0 saturated carbocycles. The number of amides is 1. The molecule has 32 heavy (non-hydrogen) atoms. The van der Waals surface area contributed by atoms with Crippen LogP contribution in [0.4, 0.5) is 11.4 Å². The number of fused-ring (bicyclic) bond motifs is 1. The van der Waals surface area contributed by atoms with Gasteiger partial charge in [-0.2, -0.15) is 0 Å². The summed E-state index contributed by atoms with van der Waals surface area (Å²) < 4.78 is 33.2. The molecule has 162 valence electrons. The number of hydrogen-bond acceptors (Lipinski definition) is 4. The van der Waals surface area contributed by atoms with E-state index < -0.39 is 22.5 Å². The number of methoxy groups -OCH3 is 1. The first-order valence-corrected chi connectivity index (χ1v) is 11.4. The van der Waals surface area contributed by atoms with Gasteiger partial charge in [0.1, 0.15) is 12.3 Å². The third kappa shape index (κ3) is 4.43. The second-order valence-corrected chi connectivity index (χ2v) is 8.96. The van der Waals surface area contributed by atoms with Gasteiger partial charge in [0.15, 0.2) is 0 Å². The van der Waals surface area contributed by atoms with Gasteiger partial charge in [0.25, 0.3) is 10.0 Å². The fourth-order valence-corrected chi connectivity index (χ4v) is 4.89. The highest BCUT2D eigenvalue weighted by atomic mass is 32.2. The molecule has 0 radical (unpaired) electrons. The number of rotatable bonds is 7. The average Bonchev–Trinajstić information content (AvgIpc) is 2.83. The molecule has 0 aliphatic heterocycles. The summed E-state index contributed by atoms with van der Waals surface area (Å²) in [6.07, 6.45) is 0. The van der Waals surface area contributed by atoms with Crippen molar-refractivity contribution in [1.82, 2.24) is 0 Å². The molecule has 0 atom stereocenters. The van der Waals surface area contributed by atoms with Crippen molar-refractivity contribution in [2.75, 3.05) is 23.3 Å². The first kappa shape index (κ1) is 21.4. The van der Waals surface area contributed by atoms with Crippen molar-refractivity contribution < 1.29 is 17.9 Å². The molecule has 7 heteroatoms. The monoisotopic (exact) mass is 446 g/mol. The van der Waals surface area contributed by atoms with Crippen molar-refractivity contribution >= 4 is 38.1 Å². The quantitative estimate of drug-likeness (QED) is 0.447. The minimum absolute atomic E-state index is 0.0979. The predicted molar refractivity (Wildman–Crippen MR) is 127 cm³/mol. The maximum Gasteiger partial charge on any atom is 0.264 e. The summed E-state index contributed by atoms with van der Waals surface area (Å²) in [5, 5.41) is 4.72. The summed E-state index contributed by atoms with van der Waals surface area (Å²) in [7, 11) is -2.49. The Morgan fingerprint density at radius 1 is 0.875 bits per heavy atom. The number of hydrogen-bond donors (Lipinski definition) is 1. The van der Waals surface area contributed by atoms with Crippen molar-refractivity contribution in [1.29, 1.82) is 0 Å². The van der Waals surface area contributed by atoms with Crippen molar-refractivity contribution in [3.63, 3.8) is 0 Å². The van der Waals surface area contributed by atoms with Crippen LogP contribution in [0.15, 0.2) is 102 Å². The molecule has 1 N–H and O–H groups in total. The standard InChI is InChI=1S/C25H22N2O4S/c1-31-21-12-8-11-20(17-21)27(32(29,30)22-13-3-2-4-14-22)18-25(28)26-24-16-7-10-19-9-5-6-15-23(19)24/h2-17H,18H2,1H3,(H,26,28). The molecule has 6 nitrogen and oxygen atoms in total. The van der Waals surface area contributed by atoms with Crippen LogP contribution >= 0.6 is 0 Å². The zero-order chi connectivity index (χ0) is 22.6. The maximum atomic E-state index is 13.4. The van der Waals surface area contributed by atoms with E-state index >= 15 is 0 Å². The number of anilines is 2. The minimum atomic E-state index is -3.99. The SMILES string of the molecule is COc1cccc(N(CC(=O)Nc2cccc3ccccc23)S(=O)(=O)c2ccccc2)c1. The van der Waals surface area contributed by atoms with Gasteiger partial charge in [0, 0.05) is 17.1 Å². The summed E-state index contributed by atoms with van der Waals surface area (Å²) in [5.41, 5.74) is 0.956. The number of benzene rings is 4. The topological polar surface area (TPSA) is 75.7 Å². The van der Waals surface area contributed by atoms with Gasteiger partial charge < -0.3 is 10.1 Å². The van der Waals surface area contributed by atoms with Crippen LogP contribution in [0.3, 0.4) is 0 Å². The minimum Gasteiger partial charge on any atom is -0.497 e. The zero-order valence-corrected chi connectivity index (χ0v) is 18.2. The van der Waals surface area contributed by atoms with Gasteiger partial charge in [-0.05, 0) is 35.7 Å². The van der Waals surface area contributed by atoms with Crippen molar-refractivity contribution in [2.45, 2.75) is 4.90 Å². The number of carbonyl (C=O) groups excluding carboxylic acids is 1. The average molecular weight is 447 g/mol. The Kier molecular flexibility index (Phi) is 6.09. The highest BCUT2D eigenvalue weighted by Crippen LogP contribution is 2.28. The second-order valence-electron chi connectivity index (χ2n) is 7.10. The Hall–Kier alpha value is -3.84. The lowest BCUT2D eigenvalue weighted by molar-refractivity contribution is -0.114. The van der Waals surface area contributed by atoms with Crippen LogP contribution in [0.1, 0.15) is 0 Å². The molecule has 0 aromatic heterocycles. The molecule has 4 aromatic carbocycles. The summed E-state index contributed by atoms with van der Waals surface area (Å²) >= 11 is 0. The normalized spacial score (nSPS) is 11.2. The van der Waals surface area contributed by atoms with Gasteiger partial charge in [-0.3, -0.25) is 9.10 Å². The van der Waals surface area contributed by atoms with Crippen LogP contribution in [-0.4, -0.2) is 28.0 Å². The smallest absolute Gasteiger partial charge is 0.264 e. The molecular weight excluding hydrogens is 424 g/mol. The number of sulfonamides is 1. The fourth-order valence-electron chi connectivity index (χ4n) is 3.45. The van der Waals surface area contributed by atoms with E-state index in [0.29, 0.717) is 17.1 Å². The molecule has 0 aliphatic carbocycles. The van der Waals surface area contributed by atoms with Gasteiger partial charge in [0.2, 0.25) is 5.91 Å². The van der Waals surface area contributed by atoms with Crippen LogP contribution in [0.5, 0.6) is 5.75 Å². The summed E-state index contributed by atoms with van der Waals surface area (Å²) in [5.74, 6) is 0.0360. The fraction of sp³-hybridized carbons (Fsp3) is 0.0800. The first-order chi connectivity index (χ1) is 15.5. The van der Waals surface area contributed by atoms with Gasteiger partial charge >= 0.3 is 0 Å². The van der Waals surface area contributed by atoms with E-state index in [1.807, 2.05) is 36.4 Å². The number of nitrogens with zero attached hydrogens (tertiary/aromatic N) is 1. The van der Waals surface area contributed by atoms with Crippen molar-refractivity contribution in [2.24, 2.45) is 0 Å². The summed E-state index contributed by atoms with van der Waals surface area (Å²) in [6, 6.07) is 27.9. The molecule has 0 saturated heterocycles. The van der Waals surface area contributed by atoms with Gasteiger partial charge in [-0.1, -0.05) is 60.7 Å². The molecule has 0 unspecified atom stereocenters. The lowest BCUT2D eigenvalue weighted by Crippen LogP contribution is -2.38. The van der Waals surface area contributed by atoms with Crippen LogP contribution in [0.2, 0.25) is 0 Å². The molecular formula is C25H22N2O4S. The maximum absolute atomic E-state index is 13.4. The number of carbonyl (C=O) groups is 1. The summed E-state index contributed by atoms with van der Waals surface area (Å²) in [4.78, 5) is 13.1. The van der Waals surface area contributed by atoms with Crippen molar-refractivity contribution in [3.05, 3.63) is 97.1 Å². The van der Waals surface area contributed by atoms with Gasteiger partial charge in [-0.25, -0.2) is 8.42 Å². The van der Waals surface area contributed by atoms with E-state index in [-0.39, 0.29) is 4.90 Å². The third-order valence-corrected chi connectivity index (χ3v) is 6.81. The first-order valence-electron chi connectivity index (χ1n) is 9.98. The van der Waals surface area contributed by atoms with E-state index in [2.05, 4.69) is 5.32 Å². The molecule has 0 spiro atoms. The molecule has 4 rings (SSSR count). The van der Waals surface area contributed by atoms with Crippen molar-refractivity contribution in [3.8, 4) is 5.75 Å². The third-order valence-electron chi connectivity index (χ3n) is 5.02. The molecule has 1 amide bonds. The highest BCUT2D eigenvalue weighted by Gasteiger charge is 2.27. The second kappa shape index (κ2) is 9.11. The lowest BCUT2D eigenvalue weighted by Gasteiger charge is -2.24. The Morgan fingerprint density at radius 3 is 2.34 bits per heavy atom. The zero-order valence-electron chi connectivity index (χ0n) is 17.4. The number of nitrogens with one attached hydrogen (secondary N) is 1. The van der Waals surface area contributed by atoms with Gasteiger partial charge in [0.05, 0.1) is 17.7 Å². The molecule has 0 fully saturated rings. The van der Waals surface area contributed by atoms with Crippen LogP contribution in [0.25, 0.3) is 10.8 Å². The van der Waals surface area contributed by atoms with E-state index in [9.17, 15) is 13.2 Å². The van der Waals surface area contributed by atoms with Crippen LogP contribution in [0, 0.1) is 0 Å². The van der Waals surface area contributed by atoms with Crippen LogP contribution < -0.4 is 14.4 Å². The van der Waals surface area contributed by atoms with E-state index in [4.69, 9.17) is 4.74 Å². The largest absolute Gasteiger partial charge is 0.497 e. The molecule has 0 bridgehead atoms. The number of ether oxygens (including phenoxy) is 1. The molecule has 0 heterocycles.